The monoisotopic (exact) mass is 327 g/mol. The van der Waals surface area contributed by atoms with Gasteiger partial charge in [-0.3, -0.25) is 4.79 Å². The minimum atomic E-state index is -3.64. The summed E-state index contributed by atoms with van der Waals surface area (Å²) in [5.41, 5.74) is 6.45. The molecule has 8 heteroatoms. The summed E-state index contributed by atoms with van der Waals surface area (Å²) < 4.78 is 26.7. The number of aromatic nitrogens is 1. The Morgan fingerprint density at radius 2 is 2.09 bits per heavy atom. The second kappa shape index (κ2) is 6.62. The molecule has 0 spiro atoms. The quantitative estimate of drug-likeness (QED) is 0.841. The predicted molar refractivity (Wildman–Crippen MR) is 81.7 cm³/mol. The number of nitrogen functional groups attached to an aromatic ring is 1. The number of carboxylic acid groups (broad SMARTS) is 1. The molecule has 2 heterocycles. The van der Waals surface area contributed by atoms with Gasteiger partial charge in [-0.05, 0) is 43.7 Å². The van der Waals surface area contributed by atoms with E-state index in [1.807, 2.05) is 0 Å². The number of rotatable bonds is 5. The van der Waals surface area contributed by atoms with E-state index in [-0.39, 0.29) is 23.1 Å². The smallest absolute Gasteiger partial charge is 0.303 e. The second-order valence-corrected chi connectivity index (χ2v) is 7.58. The van der Waals surface area contributed by atoms with Crippen LogP contribution < -0.4 is 5.73 Å². The lowest BCUT2D eigenvalue weighted by atomic mass is 9.93. The number of aliphatic carboxylic acids is 1. The number of nitrogens with two attached hydrogens (primary N) is 1. The Bertz CT molecular complexity index is 652. The molecule has 1 fully saturated rings. The third-order valence-corrected chi connectivity index (χ3v) is 5.90. The summed E-state index contributed by atoms with van der Waals surface area (Å²) in [6.07, 6.45) is 3.60. The number of aryl methyl sites for hydroxylation is 1. The van der Waals surface area contributed by atoms with E-state index in [1.54, 1.807) is 6.92 Å². The fourth-order valence-electron chi connectivity index (χ4n) is 2.66. The van der Waals surface area contributed by atoms with Gasteiger partial charge in [0.25, 0.3) is 0 Å². The van der Waals surface area contributed by atoms with Gasteiger partial charge in [-0.15, -0.1) is 0 Å². The van der Waals surface area contributed by atoms with Crippen LogP contribution in [0.4, 0.5) is 5.82 Å². The first-order valence-electron chi connectivity index (χ1n) is 7.25. The highest BCUT2D eigenvalue weighted by atomic mass is 32.2. The van der Waals surface area contributed by atoms with Gasteiger partial charge in [-0.2, -0.15) is 4.31 Å². The van der Waals surface area contributed by atoms with Crippen molar-refractivity contribution in [2.24, 2.45) is 5.92 Å². The topological polar surface area (TPSA) is 114 Å². The maximum atomic E-state index is 12.6. The summed E-state index contributed by atoms with van der Waals surface area (Å²) in [4.78, 5) is 14.6. The van der Waals surface area contributed by atoms with Crippen LogP contribution >= 0.6 is 0 Å². The van der Waals surface area contributed by atoms with Crippen molar-refractivity contribution in [3.63, 3.8) is 0 Å². The van der Waals surface area contributed by atoms with Crippen LogP contribution in [0.3, 0.4) is 0 Å². The molecular weight excluding hydrogens is 306 g/mol. The number of sulfonamides is 1. The number of nitrogens with zero attached hydrogens (tertiary/aromatic N) is 2. The third kappa shape index (κ3) is 3.75. The minimum absolute atomic E-state index is 0.0126. The van der Waals surface area contributed by atoms with E-state index in [4.69, 9.17) is 10.8 Å². The predicted octanol–water partition coefficient (Wildman–Crippen LogP) is 1.24. The lowest BCUT2D eigenvalue weighted by Gasteiger charge is -2.31. The molecule has 1 aromatic heterocycles. The van der Waals surface area contributed by atoms with Gasteiger partial charge < -0.3 is 10.8 Å². The number of carboxylic acids is 1. The van der Waals surface area contributed by atoms with Gasteiger partial charge in [0.15, 0.2) is 0 Å². The van der Waals surface area contributed by atoms with Crippen molar-refractivity contribution >= 4 is 21.8 Å². The van der Waals surface area contributed by atoms with E-state index in [2.05, 4.69) is 4.98 Å². The summed E-state index contributed by atoms with van der Waals surface area (Å²) in [5, 5.41) is 8.70. The average Bonchev–Trinajstić information content (AvgIpc) is 2.48. The van der Waals surface area contributed by atoms with E-state index < -0.39 is 16.0 Å². The Kier molecular flexibility index (Phi) is 5.02. The molecule has 122 valence electrons. The zero-order valence-corrected chi connectivity index (χ0v) is 13.3. The van der Waals surface area contributed by atoms with Crippen LogP contribution in [0.25, 0.3) is 0 Å². The summed E-state index contributed by atoms with van der Waals surface area (Å²) in [5.74, 6) is -0.539. The van der Waals surface area contributed by atoms with Crippen LogP contribution in [-0.2, 0) is 14.8 Å². The number of piperidine rings is 1. The van der Waals surface area contributed by atoms with Crippen LogP contribution in [0.15, 0.2) is 17.2 Å². The van der Waals surface area contributed by atoms with Crippen LogP contribution in [0.2, 0.25) is 0 Å². The highest BCUT2D eigenvalue weighted by molar-refractivity contribution is 7.89. The van der Waals surface area contributed by atoms with Gasteiger partial charge in [0.1, 0.15) is 10.7 Å². The molecule has 0 saturated carbocycles. The summed E-state index contributed by atoms with van der Waals surface area (Å²) in [6, 6.07) is 1.54. The van der Waals surface area contributed by atoms with Crippen molar-refractivity contribution < 1.29 is 18.3 Å². The molecule has 0 aromatic carbocycles. The van der Waals surface area contributed by atoms with Gasteiger partial charge in [-0.1, -0.05) is 0 Å². The van der Waals surface area contributed by atoms with Gasteiger partial charge in [0, 0.05) is 25.7 Å². The Hall–Kier alpha value is -1.67. The number of hydrogen-bond donors (Lipinski definition) is 2. The first-order valence-corrected chi connectivity index (χ1v) is 8.69. The van der Waals surface area contributed by atoms with Crippen LogP contribution in [0.1, 0.15) is 31.2 Å². The Balaban J connectivity index is 2.06. The molecule has 0 atom stereocenters. The SMILES string of the molecule is Cc1cnc(N)c(S(=O)(=O)N2CCC(CCC(=O)O)CC2)c1. The molecule has 1 saturated heterocycles. The van der Waals surface area contributed by atoms with Gasteiger partial charge in [-0.25, -0.2) is 13.4 Å². The fraction of sp³-hybridized carbons (Fsp3) is 0.571. The summed E-state index contributed by atoms with van der Waals surface area (Å²) in [7, 11) is -3.64. The molecule has 3 N–H and O–H groups in total. The maximum Gasteiger partial charge on any atom is 0.303 e. The lowest BCUT2D eigenvalue weighted by Crippen LogP contribution is -2.38. The first kappa shape index (κ1) is 16.7. The molecule has 7 nitrogen and oxygen atoms in total. The van der Waals surface area contributed by atoms with Crippen molar-refractivity contribution in [3.8, 4) is 0 Å². The van der Waals surface area contributed by atoms with Crippen molar-refractivity contribution in [3.05, 3.63) is 17.8 Å². The summed E-state index contributed by atoms with van der Waals surface area (Å²) >= 11 is 0. The van der Waals surface area contributed by atoms with Gasteiger partial charge in [0.05, 0.1) is 0 Å². The van der Waals surface area contributed by atoms with Crippen molar-refractivity contribution in [1.82, 2.24) is 9.29 Å². The largest absolute Gasteiger partial charge is 0.481 e. The molecule has 0 radical (unpaired) electrons. The fourth-order valence-corrected chi connectivity index (χ4v) is 4.29. The van der Waals surface area contributed by atoms with Crippen molar-refractivity contribution in [2.75, 3.05) is 18.8 Å². The van der Waals surface area contributed by atoms with Crippen molar-refractivity contribution in [2.45, 2.75) is 37.5 Å². The molecule has 1 aliphatic heterocycles. The average molecular weight is 327 g/mol. The third-order valence-electron chi connectivity index (χ3n) is 3.98. The Morgan fingerprint density at radius 1 is 1.45 bits per heavy atom. The molecule has 0 amide bonds. The molecule has 0 aliphatic carbocycles. The van der Waals surface area contributed by atoms with Crippen LogP contribution in [-0.4, -0.2) is 41.9 Å². The minimum Gasteiger partial charge on any atom is -0.481 e. The van der Waals surface area contributed by atoms with E-state index >= 15 is 0 Å². The molecule has 22 heavy (non-hydrogen) atoms. The molecule has 2 rings (SSSR count). The number of hydrogen-bond acceptors (Lipinski definition) is 5. The van der Waals surface area contributed by atoms with E-state index in [0.29, 0.717) is 32.4 Å². The van der Waals surface area contributed by atoms with E-state index in [9.17, 15) is 13.2 Å². The second-order valence-electron chi connectivity index (χ2n) is 5.68. The maximum absolute atomic E-state index is 12.6. The van der Waals surface area contributed by atoms with Gasteiger partial charge in [0.2, 0.25) is 10.0 Å². The van der Waals surface area contributed by atoms with Crippen molar-refractivity contribution in [1.29, 1.82) is 0 Å². The lowest BCUT2D eigenvalue weighted by molar-refractivity contribution is -0.137. The van der Waals surface area contributed by atoms with Crippen LogP contribution in [0, 0.1) is 12.8 Å². The number of anilines is 1. The molecule has 1 aromatic rings. The Labute approximate surface area is 130 Å². The van der Waals surface area contributed by atoms with Crippen LogP contribution in [0.5, 0.6) is 0 Å². The zero-order valence-electron chi connectivity index (χ0n) is 12.5. The van der Waals surface area contributed by atoms with E-state index in [0.717, 1.165) is 5.56 Å². The normalized spacial score (nSPS) is 17.5. The molecule has 1 aliphatic rings. The summed E-state index contributed by atoms with van der Waals surface area (Å²) in [6.45, 7) is 2.55. The standard InChI is InChI=1S/C14H21N3O4S/c1-10-8-12(14(15)16-9-10)22(20,21)17-6-4-11(5-7-17)2-3-13(18)19/h8-9,11H,2-7H2,1H3,(H2,15,16)(H,18,19). The molecular formula is C14H21N3O4S. The van der Waals surface area contributed by atoms with Gasteiger partial charge >= 0.3 is 5.97 Å². The molecule has 0 bridgehead atoms. The van der Waals surface area contributed by atoms with E-state index in [1.165, 1.54) is 16.6 Å². The molecule has 0 unspecified atom stereocenters. The highest BCUT2D eigenvalue weighted by Crippen LogP contribution is 2.28. The highest BCUT2D eigenvalue weighted by Gasteiger charge is 2.31. The number of carbonyl (C=O) groups is 1. The zero-order chi connectivity index (χ0) is 16.3. The number of pyridine rings is 1. The first-order chi connectivity index (χ1) is 10.3. The Morgan fingerprint density at radius 3 is 2.68 bits per heavy atom.